The van der Waals surface area contributed by atoms with Crippen LogP contribution in [0.1, 0.15) is 37.8 Å². The molecule has 1 saturated heterocycles. The van der Waals surface area contributed by atoms with Crippen molar-refractivity contribution in [2.24, 2.45) is 5.92 Å². The van der Waals surface area contributed by atoms with Crippen LogP contribution in [0.25, 0.3) is 6.08 Å². The van der Waals surface area contributed by atoms with Crippen molar-refractivity contribution in [2.45, 2.75) is 33.2 Å². The molecule has 1 aliphatic heterocycles. The van der Waals surface area contributed by atoms with E-state index in [1.54, 1.807) is 13.2 Å². The monoisotopic (exact) mass is 408 g/mol. The molecular formula is C25H32N2O3. The fourth-order valence-electron chi connectivity index (χ4n) is 3.59. The molecule has 0 aliphatic carbocycles. The number of methoxy groups -OCH3 is 1. The molecule has 1 heterocycles. The zero-order valence-electron chi connectivity index (χ0n) is 18.2. The predicted octanol–water partition coefficient (Wildman–Crippen LogP) is 4.98. The second kappa shape index (κ2) is 10.8. The number of carbonyl (C=O) groups excluding carboxylic acids is 1. The van der Waals surface area contributed by atoms with Crippen molar-refractivity contribution < 1.29 is 14.3 Å². The van der Waals surface area contributed by atoms with Gasteiger partial charge < -0.3 is 14.8 Å². The van der Waals surface area contributed by atoms with Crippen molar-refractivity contribution in [1.29, 1.82) is 0 Å². The number of carbonyl (C=O) groups is 1. The van der Waals surface area contributed by atoms with Gasteiger partial charge in [0.15, 0.2) is 11.5 Å². The first-order chi connectivity index (χ1) is 14.6. The number of rotatable bonds is 8. The number of hydrogen-bond acceptors (Lipinski definition) is 4. The molecule has 0 spiro atoms. The third-order valence-corrected chi connectivity index (χ3v) is 5.42. The van der Waals surface area contributed by atoms with Crippen LogP contribution in [0, 0.1) is 5.92 Å². The van der Waals surface area contributed by atoms with Crippen LogP contribution in [0.4, 0.5) is 5.69 Å². The zero-order chi connectivity index (χ0) is 21.3. The van der Waals surface area contributed by atoms with Gasteiger partial charge >= 0.3 is 0 Å². The second-order valence-electron chi connectivity index (χ2n) is 7.82. The lowest BCUT2D eigenvalue weighted by Crippen LogP contribution is -2.32. The summed E-state index contributed by atoms with van der Waals surface area (Å²) in [5.74, 6) is 2.02. The van der Waals surface area contributed by atoms with Gasteiger partial charge in [0.25, 0.3) is 0 Å². The first-order valence-corrected chi connectivity index (χ1v) is 10.7. The molecule has 5 nitrogen and oxygen atoms in total. The highest BCUT2D eigenvalue weighted by atomic mass is 16.5. The van der Waals surface area contributed by atoms with E-state index >= 15 is 0 Å². The van der Waals surface area contributed by atoms with Gasteiger partial charge in [0.1, 0.15) is 0 Å². The number of piperidine rings is 1. The number of nitrogens with one attached hydrogen (secondary N) is 1. The predicted molar refractivity (Wildman–Crippen MR) is 122 cm³/mol. The molecule has 160 valence electrons. The maximum Gasteiger partial charge on any atom is 0.248 e. The molecule has 2 aromatic rings. The van der Waals surface area contributed by atoms with Gasteiger partial charge in [0, 0.05) is 18.3 Å². The van der Waals surface area contributed by atoms with Crippen molar-refractivity contribution >= 4 is 17.7 Å². The van der Waals surface area contributed by atoms with E-state index in [4.69, 9.17) is 9.47 Å². The molecule has 1 fully saturated rings. The maximum absolute atomic E-state index is 12.3. The Morgan fingerprint density at radius 2 is 1.87 bits per heavy atom. The van der Waals surface area contributed by atoms with E-state index in [9.17, 15) is 4.79 Å². The van der Waals surface area contributed by atoms with Crippen LogP contribution >= 0.6 is 0 Å². The summed E-state index contributed by atoms with van der Waals surface area (Å²) in [6.07, 6.45) is 5.85. The third-order valence-electron chi connectivity index (χ3n) is 5.42. The molecular weight excluding hydrogens is 376 g/mol. The van der Waals surface area contributed by atoms with Crippen LogP contribution in [0.2, 0.25) is 0 Å². The Morgan fingerprint density at radius 3 is 2.53 bits per heavy atom. The molecule has 1 N–H and O–H groups in total. The lowest BCUT2D eigenvalue weighted by Gasteiger charge is -2.30. The highest BCUT2D eigenvalue weighted by Crippen LogP contribution is 2.28. The Morgan fingerprint density at radius 1 is 1.13 bits per heavy atom. The van der Waals surface area contributed by atoms with Crippen LogP contribution < -0.4 is 14.8 Å². The minimum atomic E-state index is -0.166. The van der Waals surface area contributed by atoms with E-state index in [0.29, 0.717) is 18.1 Å². The quantitative estimate of drug-likeness (QED) is 0.626. The number of ether oxygens (including phenoxy) is 2. The first-order valence-electron chi connectivity index (χ1n) is 10.7. The molecule has 3 rings (SSSR count). The summed E-state index contributed by atoms with van der Waals surface area (Å²) in [5.41, 5.74) is 2.95. The first kappa shape index (κ1) is 21.9. The fraction of sp³-hybridized carbons (Fsp3) is 0.400. The van der Waals surface area contributed by atoms with Crippen molar-refractivity contribution in [2.75, 3.05) is 32.1 Å². The summed E-state index contributed by atoms with van der Waals surface area (Å²) >= 11 is 0. The minimum Gasteiger partial charge on any atom is -0.493 e. The molecule has 1 aliphatic rings. The topological polar surface area (TPSA) is 50.8 Å². The normalized spacial score (nSPS) is 15.3. The fourth-order valence-corrected chi connectivity index (χ4v) is 3.59. The van der Waals surface area contributed by atoms with E-state index in [2.05, 4.69) is 29.3 Å². The van der Waals surface area contributed by atoms with Crippen molar-refractivity contribution in [3.63, 3.8) is 0 Å². The Kier molecular flexibility index (Phi) is 7.91. The molecule has 30 heavy (non-hydrogen) atoms. The molecule has 0 radical (unpaired) electrons. The van der Waals surface area contributed by atoms with Crippen LogP contribution in [0.5, 0.6) is 11.5 Å². The van der Waals surface area contributed by atoms with Gasteiger partial charge in [-0.15, -0.1) is 0 Å². The summed E-state index contributed by atoms with van der Waals surface area (Å²) in [4.78, 5) is 14.8. The largest absolute Gasteiger partial charge is 0.493 e. The highest BCUT2D eigenvalue weighted by Gasteiger charge is 2.15. The number of amides is 1. The molecule has 0 aromatic heterocycles. The van der Waals surface area contributed by atoms with Crippen LogP contribution in [-0.2, 0) is 11.3 Å². The van der Waals surface area contributed by atoms with Gasteiger partial charge in [-0.1, -0.05) is 25.1 Å². The van der Waals surface area contributed by atoms with Gasteiger partial charge in [0.05, 0.1) is 13.7 Å². The number of nitrogens with zero attached hydrogens (tertiary/aromatic N) is 1. The molecule has 1 amide bonds. The van der Waals surface area contributed by atoms with E-state index < -0.39 is 0 Å². The zero-order valence-corrected chi connectivity index (χ0v) is 18.2. The lowest BCUT2D eigenvalue weighted by molar-refractivity contribution is -0.111. The van der Waals surface area contributed by atoms with Gasteiger partial charge in [-0.3, -0.25) is 9.69 Å². The number of benzene rings is 2. The van der Waals surface area contributed by atoms with Gasteiger partial charge in [-0.05, 0) is 80.2 Å². The molecule has 5 heteroatoms. The van der Waals surface area contributed by atoms with Crippen LogP contribution in [0.15, 0.2) is 48.5 Å². The van der Waals surface area contributed by atoms with E-state index in [0.717, 1.165) is 23.7 Å². The van der Waals surface area contributed by atoms with Crippen LogP contribution in [-0.4, -0.2) is 37.6 Å². The summed E-state index contributed by atoms with van der Waals surface area (Å²) in [5, 5.41) is 2.91. The number of likely N-dealkylation sites (tertiary alicyclic amines) is 1. The van der Waals surface area contributed by atoms with Gasteiger partial charge in [-0.25, -0.2) is 0 Å². The molecule has 0 atom stereocenters. The van der Waals surface area contributed by atoms with Gasteiger partial charge in [-0.2, -0.15) is 0 Å². The Hall–Kier alpha value is -2.79. The van der Waals surface area contributed by atoms with E-state index in [-0.39, 0.29) is 5.91 Å². The number of anilines is 1. The lowest BCUT2D eigenvalue weighted by atomic mass is 9.99. The van der Waals surface area contributed by atoms with Crippen LogP contribution in [0.3, 0.4) is 0 Å². The minimum absolute atomic E-state index is 0.166. The van der Waals surface area contributed by atoms with E-state index in [1.807, 2.05) is 37.3 Å². The summed E-state index contributed by atoms with van der Waals surface area (Å²) < 4.78 is 10.9. The van der Waals surface area contributed by atoms with Gasteiger partial charge in [0.2, 0.25) is 5.91 Å². The summed E-state index contributed by atoms with van der Waals surface area (Å²) in [6.45, 7) is 8.14. The third kappa shape index (κ3) is 6.36. The SMILES string of the molecule is CCOc1ccc(/C=C/C(=O)Nc2ccc(CN3CCC(C)CC3)cc2)cc1OC. The Bertz CT molecular complexity index is 853. The summed E-state index contributed by atoms with van der Waals surface area (Å²) in [6, 6.07) is 13.7. The molecule has 0 saturated carbocycles. The van der Waals surface area contributed by atoms with E-state index in [1.165, 1.54) is 37.6 Å². The number of hydrogen-bond donors (Lipinski definition) is 1. The summed E-state index contributed by atoms with van der Waals surface area (Å²) in [7, 11) is 1.60. The second-order valence-corrected chi connectivity index (χ2v) is 7.82. The average molecular weight is 409 g/mol. The highest BCUT2D eigenvalue weighted by molar-refractivity contribution is 6.01. The smallest absolute Gasteiger partial charge is 0.248 e. The van der Waals surface area contributed by atoms with Crippen molar-refractivity contribution in [1.82, 2.24) is 4.90 Å². The standard InChI is InChI=1S/C25H32N2O3/c1-4-30-23-11-7-20(17-24(23)29-3)8-12-25(28)26-22-9-5-21(6-10-22)18-27-15-13-19(2)14-16-27/h5-12,17,19H,4,13-16,18H2,1-3H3,(H,26,28)/b12-8+. The average Bonchev–Trinajstić information content (AvgIpc) is 2.76. The maximum atomic E-state index is 12.3. The Labute approximate surface area is 179 Å². The molecule has 2 aromatic carbocycles. The molecule has 0 unspecified atom stereocenters. The van der Waals surface area contributed by atoms with Crippen molar-refractivity contribution in [3.05, 3.63) is 59.7 Å². The van der Waals surface area contributed by atoms with Crippen molar-refractivity contribution in [3.8, 4) is 11.5 Å². The Balaban J connectivity index is 1.53. The molecule has 0 bridgehead atoms.